The van der Waals surface area contributed by atoms with Gasteiger partial charge in [0.05, 0.1) is 0 Å². The lowest BCUT2D eigenvalue weighted by molar-refractivity contribution is 0.669. The van der Waals surface area contributed by atoms with E-state index in [0.29, 0.717) is 11.6 Å². The van der Waals surface area contributed by atoms with Crippen LogP contribution in [0.5, 0.6) is 0 Å². The number of nitrogens with zero attached hydrogens (tertiary/aromatic N) is 3. The molecule has 11 rings (SSSR count). The van der Waals surface area contributed by atoms with Gasteiger partial charge in [0, 0.05) is 48.0 Å². The van der Waals surface area contributed by atoms with Crippen LogP contribution in [0.25, 0.3) is 93.2 Å². The first-order valence-corrected chi connectivity index (χ1v) is 19.1. The molecule has 0 N–H and O–H groups in total. The van der Waals surface area contributed by atoms with Gasteiger partial charge in [0.15, 0.2) is 11.6 Å². The summed E-state index contributed by atoms with van der Waals surface area (Å²) in [5, 5.41) is 4.63. The van der Waals surface area contributed by atoms with Crippen LogP contribution in [0.4, 0.5) is 0 Å². The van der Waals surface area contributed by atoms with E-state index in [0.717, 1.165) is 50.9 Å². The summed E-state index contributed by atoms with van der Waals surface area (Å²) in [4.78, 5) is 15.5. The molecule has 1 atom stereocenters. The maximum atomic E-state index is 6.62. The second-order valence-corrected chi connectivity index (χ2v) is 15.0. The van der Waals surface area contributed by atoms with Crippen LogP contribution in [0, 0.1) is 0 Å². The SMILES string of the molecule is C1=CC(c2nc(-c3ccccc3)nc(-c3cccc4oc5cc(-c6cccc7c6sc6ccccc67)ccc5c34)n2)Cc2cc(-c3ccccc3)ccc21. The Morgan fingerprint density at radius 1 is 0.519 bits per heavy atom. The summed E-state index contributed by atoms with van der Waals surface area (Å²) in [6.45, 7) is 0. The minimum absolute atomic E-state index is 0.00722. The second kappa shape index (κ2) is 12.5. The lowest BCUT2D eigenvalue weighted by atomic mass is 9.87. The monoisotopic (exact) mass is 709 g/mol. The molecule has 0 spiro atoms. The highest BCUT2D eigenvalue weighted by molar-refractivity contribution is 7.26. The molecule has 0 fully saturated rings. The Labute approximate surface area is 315 Å². The van der Waals surface area contributed by atoms with Crippen molar-refractivity contribution in [2.24, 2.45) is 0 Å². The number of rotatable bonds is 5. The number of fused-ring (bicyclic) bond motifs is 7. The van der Waals surface area contributed by atoms with E-state index in [9.17, 15) is 0 Å². The summed E-state index contributed by atoms with van der Waals surface area (Å²) in [6.07, 6.45) is 5.26. The molecule has 3 heterocycles. The molecule has 0 saturated carbocycles. The normalized spacial score (nSPS) is 14.0. The van der Waals surface area contributed by atoms with Gasteiger partial charge in [-0.3, -0.25) is 0 Å². The third kappa shape index (κ3) is 5.16. The van der Waals surface area contributed by atoms with Crippen molar-refractivity contribution in [2.45, 2.75) is 12.3 Å². The van der Waals surface area contributed by atoms with Gasteiger partial charge in [-0.1, -0.05) is 146 Å². The average molecular weight is 710 g/mol. The minimum atomic E-state index is -0.00722. The summed E-state index contributed by atoms with van der Waals surface area (Å²) >= 11 is 1.84. The van der Waals surface area contributed by atoms with Crippen LogP contribution in [-0.4, -0.2) is 15.0 Å². The first-order valence-electron chi connectivity index (χ1n) is 18.3. The highest BCUT2D eigenvalue weighted by Crippen LogP contribution is 2.43. The lowest BCUT2D eigenvalue weighted by Gasteiger charge is -2.20. The summed E-state index contributed by atoms with van der Waals surface area (Å²) in [5.74, 6) is 2.06. The highest BCUT2D eigenvalue weighted by Gasteiger charge is 2.23. The molecule has 1 unspecified atom stereocenters. The zero-order valence-electron chi connectivity index (χ0n) is 29.1. The molecule has 254 valence electrons. The molecule has 0 bridgehead atoms. The summed E-state index contributed by atoms with van der Waals surface area (Å²) in [5.41, 5.74) is 10.8. The predicted octanol–water partition coefficient (Wildman–Crippen LogP) is 13.2. The van der Waals surface area contributed by atoms with Crippen LogP contribution in [0.15, 0.2) is 168 Å². The molecule has 4 nitrogen and oxygen atoms in total. The van der Waals surface area contributed by atoms with Crippen molar-refractivity contribution in [1.29, 1.82) is 0 Å². The molecule has 3 aromatic heterocycles. The zero-order chi connectivity index (χ0) is 35.6. The first-order chi connectivity index (χ1) is 26.7. The first kappa shape index (κ1) is 30.9. The van der Waals surface area contributed by atoms with Gasteiger partial charge in [0.1, 0.15) is 17.0 Å². The molecule has 0 aliphatic heterocycles. The Morgan fingerprint density at radius 2 is 1.26 bits per heavy atom. The summed E-state index contributed by atoms with van der Waals surface area (Å²) in [6, 6.07) is 55.5. The molecular formula is C49H31N3OS. The highest BCUT2D eigenvalue weighted by atomic mass is 32.1. The molecule has 1 aliphatic rings. The van der Waals surface area contributed by atoms with Gasteiger partial charge in [-0.05, 0) is 64.1 Å². The van der Waals surface area contributed by atoms with Crippen molar-refractivity contribution in [1.82, 2.24) is 15.0 Å². The summed E-state index contributed by atoms with van der Waals surface area (Å²) in [7, 11) is 0. The van der Waals surface area contributed by atoms with Crippen LogP contribution < -0.4 is 0 Å². The molecule has 54 heavy (non-hydrogen) atoms. The molecule has 0 radical (unpaired) electrons. The van der Waals surface area contributed by atoms with Gasteiger partial charge in [0.25, 0.3) is 0 Å². The zero-order valence-corrected chi connectivity index (χ0v) is 29.9. The average Bonchev–Trinajstić information content (AvgIpc) is 3.82. The van der Waals surface area contributed by atoms with Crippen LogP contribution in [0.1, 0.15) is 22.9 Å². The van der Waals surface area contributed by atoms with Crippen molar-refractivity contribution < 1.29 is 4.42 Å². The lowest BCUT2D eigenvalue weighted by Crippen LogP contribution is -2.12. The number of furan rings is 1. The topological polar surface area (TPSA) is 51.8 Å². The molecular weight excluding hydrogens is 679 g/mol. The molecule has 7 aromatic carbocycles. The Morgan fingerprint density at radius 3 is 2.15 bits per heavy atom. The molecule has 1 aliphatic carbocycles. The third-order valence-electron chi connectivity index (χ3n) is 10.7. The molecule has 5 heteroatoms. The van der Waals surface area contributed by atoms with E-state index < -0.39 is 0 Å². The van der Waals surface area contributed by atoms with Crippen molar-refractivity contribution in [3.8, 4) is 45.0 Å². The van der Waals surface area contributed by atoms with E-state index in [4.69, 9.17) is 19.4 Å². The third-order valence-corrected chi connectivity index (χ3v) is 11.9. The Balaban J connectivity index is 1.03. The largest absolute Gasteiger partial charge is 0.456 e. The fourth-order valence-corrected chi connectivity index (χ4v) is 9.24. The minimum Gasteiger partial charge on any atom is -0.456 e. The van der Waals surface area contributed by atoms with Gasteiger partial charge in [-0.15, -0.1) is 11.3 Å². The van der Waals surface area contributed by atoms with E-state index in [1.165, 1.54) is 48.0 Å². The van der Waals surface area contributed by atoms with E-state index >= 15 is 0 Å². The van der Waals surface area contributed by atoms with Gasteiger partial charge in [-0.2, -0.15) is 0 Å². The number of hydrogen-bond donors (Lipinski definition) is 0. The van der Waals surface area contributed by atoms with Crippen LogP contribution in [0.2, 0.25) is 0 Å². The number of aromatic nitrogens is 3. The quantitative estimate of drug-likeness (QED) is 0.178. The van der Waals surface area contributed by atoms with Crippen molar-refractivity contribution in [2.75, 3.05) is 0 Å². The smallest absolute Gasteiger partial charge is 0.164 e. The van der Waals surface area contributed by atoms with Crippen LogP contribution in [-0.2, 0) is 6.42 Å². The van der Waals surface area contributed by atoms with E-state index in [1.54, 1.807) is 0 Å². The Hall–Kier alpha value is -6.69. The fourth-order valence-electron chi connectivity index (χ4n) is 8.01. The summed E-state index contributed by atoms with van der Waals surface area (Å²) < 4.78 is 9.20. The second-order valence-electron chi connectivity index (χ2n) is 13.9. The van der Waals surface area contributed by atoms with E-state index in [-0.39, 0.29) is 5.92 Å². The van der Waals surface area contributed by atoms with Gasteiger partial charge in [-0.25, -0.2) is 15.0 Å². The maximum Gasteiger partial charge on any atom is 0.164 e. The van der Waals surface area contributed by atoms with E-state index in [2.05, 4.69) is 140 Å². The van der Waals surface area contributed by atoms with Gasteiger partial charge in [0.2, 0.25) is 0 Å². The molecule has 0 amide bonds. The van der Waals surface area contributed by atoms with Crippen molar-refractivity contribution >= 4 is 59.5 Å². The number of benzene rings is 7. The Kier molecular flexibility index (Phi) is 7.13. The van der Waals surface area contributed by atoms with E-state index in [1.807, 2.05) is 41.7 Å². The van der Waals surface area contributed by atoms with Crippen LogP contribution in [0.3, 0.4) is 0 Å². The number of hydrogen-bond acceptors (Lipinski definition) is 5. The number of allylic oxidation sites excluding steroid dienone is 1. The standard InChI is InChI=1S/C49H31N3OS/c1-3-11-30(12-4-1)33-23-21-31-22-24-35(28-36(31)27-33)48-50-47(32-13-5-2-6-14-32)51-49(52-48)41-18-10-19-42-45(41)40-26-25-34(29-43(40)53-42)37-16-9-17-39-38-15-7-8-20-44(38)54-46(37)39/h1-27,29,35H,28H2. The van der Waals surface area contributed by atoms with Crippen molar-refractivity contribution in [3.05, 3.63) is 181 Å². The Bertz CT molecular complexity index is 3090. The molecule has 10 aromatic rings. The van der Waals surface area contributed by atoms with Gasteiger partial charge >= 0.3 is 0 Å². The predicted molar refractivity (Wildman–Crippen MR) is 224 cm³/mol. The maximum absolute atomic E-state index is 6.62. The van der Waals surface area contributed by atoms with Crippen LogP contribution >= 0.6 is 11.3 Å². The number of thiophene rings is 1. The van der Waals surface area contributed by atoms with Crippen molar-refractivity contribution in [3.63, 3.8) is 0 Å². The molecule has 0 saturated heterocycles. The van der Waals surface area contributed by atoms with Gasteiger partial charge < -0.3 is 4.42 Å². The fraction of sp³-hybridized carbons (Fsp3) is 0.0408.